The summed E-state index contributed by atoms with van der Waals surface area (Å²) in [6.07, 6.45) is 1.17. The monoisotopic (exact) mass is 276 g/mol. The lowest BCUT2D eigenvalue weighted by Gasteiger charge is -2.19. The molecule has 100 valence electrons. The van der Waals surface area contributed by atoms with Crippen molar-refractivity contribution in [2.24, 2.45) is 10.9 Å². The Kier molecular flexibility index (Phi) is 4.56. The molecule has 0 unspecified atom stereocenters. The summed E-state index contributed by atoms with van der Waals surface area (Å²) in [5, 5.41) is 10.4. The molecule has 0 saturated carbocycles. The summed E-state index contributed by atoms with van der Waals surface area (Å²) >= 11 is 0. The quantitative estimate of drug-likeness (QED) is 0.340. The van der Waals surface area contributed by atoms with Gasteiger partial charge >= 0.3 is 0 Å². The zero-order chi connectivity index (χ0) is 13.8. The number of hydrogen-bond donors (Lipinski definition) is 2. The van der Waals surface area contributed by atoms with Crippen molar-refractivity contribution in [2.45, 2.75) is 11.9 Å². The third-order valence-electron chi connectivity index (χ3n) is 2.13. The number of hydrogen-bond acceptors (Lipinski definition) is 5. The van der Waals surface area contributed by atoms with E-state index in [2.05, 4.69) is 10.1 Å². The van der Waals surface area contributed by atoms with E-state index in [0.29, 0.717) is 0 Å². The minimum absolute atomic E-state index is 0.0363. The van der Waals surface area contributed by atoms with Crippen LogP contribution in [0, 0.1) is 5.82 Å². The first-order valence-electron chi connectivity index (χ1n) is 5.00. The van der Waals surface area contributed by atoms with Gasteiger partial charge in [-0.15, -0.1) is 0 Å². The van der Waals surface area contributed by atoms with E-state index in [9.17, 15) is 12.8 Å². The van der Waals surface area contributed by atoms with Gasteiger partial charge in [-0.05, 0) is 12.1 Å². The molecule has 0 fully saturated rings. The highest BCUT2D eigenvalue weighted by molar-refractivity contribution is 7.89. The SMILES string of the molecule is CCN(C/C(N)=N/O)S(=O)(=O)c1ncccc1F. The smallest absolute Gasteiger partial charge is 0.263 e. The number of rotatable bonds is 5. The molecule has 0 bridgehead atoms. The summed E-state index contributed by atoms with van der Waals surface area (Å²) in [7, 11) is -4.11. The Morgan fingerprint density at radius 3 is 2.83 bits per heavy atom. The number of nitrogens with two attached hydrogens (primary N) is 1. The van der Waals surface area contributed by atoms with Crippen LogP contribution in [0.3, 0.4) is 0 Å². The number of likely N-dealkylation sites (N-methyl/N-ethyl adjacent to an activating group) is 1. The van der Waals surface area contributed by atoms with Crippen LogP contribution >= 0.6 is 0 Å². The topological polar surface area (TPSA) is 109 Å². The summed E-state index contributed by atoms with van der Waals surface area (Å²) in [5.41, 5.74) is 5.24. The average Bonchev–Trinajstić information content (AvgIpc) is 2.35. The van der Waals surface area contributed by atoms with Gasteiger partial charge in [0.25, 0.3) is 10.0 Å². The van der Waals surface area contributed by atoms with Crippen molar-refractivity contribution in [3.63, 3.8) is 0 Å². The summed E-state index contributed by atoms with van der Waals surface area (Å²) < 4.78 is 38.4. The van der Waals surface area contributed by atoms with Gasteiger partial charge in [0.1, 0.15) is 0 Å². The molecule has 1 aromatic rings. The van der Waals surface area contributed by atoms with Gasteiger partial charge in [-0.3, -0.25) is 0 Å². The molecule has 0 radical (unpaired) electrons. The molecule has 1 rings (SSSR count). The fraction of sp³-hybridized carbons (Fsp3) is 0.333. The molecule has 0 spiro atoms. The number of oxime groups is 1. The van der Waals surface area contributed by atoms with E-state index in [-0.39, 0.29) is 18.9 Å². The minimum atomic E-state index is -4.11. The maximum absolute atomic E-state index is 13.4. The van der Waals surface area contributed by atoms with Gasteiger partial charge in [0.15, 0.2) is 11.7 Å². The van der Waals surface area contributed by atoms with Gasteiger partial charge in [-0.1, -0.05) is 12.1 Å². The summed E-state index contributed by atoms with van der Waals surface area (Å²) in [4.78, 5) is 3.50. The van der Waals surface area contributed by atoms with Crippen LogP contribution in [0.15, 0.2) is 28.5 Å². The Morgan fingerprint density at radius 1 is 1.67 bits per heavy atom. The molecule has 0 atom stereocenters. The number of sulfonamides is 1. The van der Waals surface area contributed by atoms with Crippen molar-refractivity contribution in [2.75, 3.05) is 13.1 Å². The second kappa shape index (κ2) is 5.74. The molecule has 7 nitrogen and oxygen atoms in total. The average molecular weight is 276 g/mol. The van der Waals surface area contributed by atoms with Gasteiger partial charge in [0, 0.05) is 12.7 Å². The van der Waals surface area contributed by atoms with Crippen LogP contribution in [-0.4, -0.2) is 41.8 Å². The van der Waals surface area contributed by atoms with Crippen LogP contribution in [0.1, 0.15) is 6.92 Å². The molecule has 1 aromatic heterocycles. The molecule has 18 heavy (non-hydrogen) atoms. The van der Waals surface area contributed by atoms with E-state index in [1.54, 1.807) is 6.92 Å². The van der Waals surface area contributed by atoms with Gasteiger partial charge < -0.3 is 10.9 Å². The fourth-order valence-corrected chi connectivity index (χ4v) is 2.66. The maximum Gasteiger partial charge on any atom is 0.263 e. The van der Waals surface area contributed by atoms with Crippen molar-refractivity contribution in [3.05, 3.63) is 24.1 Å². The van der Waals surface area contributed by atoms with E-state index in [4.69, 9.17) is 10.9 Å². The van der Waals surface area contributed by atoms with Crippen molar-refractivity contribution in [1.29, 1.82) is 0 Å². The number of aromatic nitrogens is 1. The predicted molar refractivity (Wildman–Crippen MR) is 62.0 cm³/mol. The lowest BCUT2D eigenvalue weighted by molar-refractivity contribution is 0.315. The third kappa shape index (κ3) is 2.93. The molecule has 0 aromatic carbocycles. The van der Waals surface area contributed by atoms with Crippen LogP contribution < -0.4 is 5.73 Å². The van der Waals surface area contributed by atoms with E-state index >= 15 is 0 Å². The molecular formula is C9H13FN4O3S. The van der Waals surface area contributed by atoms with Crippen molar-refractivity contribution in [3.8, 4) is 0 Å². The van der Waals surface area contributed by atoms with Gasteiger partial charge in [0.2, 0.25) is 5.03 Å². The Morgan fingerprint density at radius 2 is 2.33 bits per heavy atom. The highest BCUT2D eigenvalue weighted by Crippen LogP contribution is 2.15. The first-order valence-corrected chi connectivity index (χ1v) is 6.44. The number of nitrogens with zero attached hydrogens (tertiary/aromatic N) is 3. The molecule has 0 aliphatic carbocycles. The fourth-order valence-electron chi connectivity index (χ4n) is 1.26. The van der Waals surface area contributed by atoms with Gasteiger partial charge in [-0.2, -0.15) is 4.31 Å². The second-order valence-electron chi connectivity index (χ2n) is 3.31. The standard InChI is InChI=1S/C9H13FN4O3S/c1-2-14(6-8(11)13-15)18(16,17)9-7(10)4-3-5-12-9/h3-5,15H,2,6H2,1H3,(H2,11,13). The van der Waals surface area contributed by atoms with Crippen molar-refractivity contribution >= 4 is 15.9 Å². The molecule has 0 aliphatic heterocycles. The predicted octanol–water partition coefficient (Wildman–Crippen LogP) is -0.0223. The maximum atomic E-state index is 13.4. The molecule has 3 N–H and O–H groups in total. The summed E-state index contributed by atoms with van der Waals surface area (Å²) in [6, 6.07) is 2.28. The lowest BCUT2D eigenvalue weighted by Crippen LogP contribution is -2.39. The zero-order valence-electron chi connectivity index (χ0n) is 9.62. The van der Waals surface area contributed by atoms with Crippen molar-refractivity contribution < 1.29 is 18.0 Å². The van der Waals surface area contributed by atoms with Crippen LogP contribution in [0.4, 0.5) is 4.39 Å². The van der Waals surface area contributed by atoms with E-state index in [0.717, 1.165) is 10.4 Å². The summed E-state index contributed by atoms with van der Waals surface area (Å²) in [6.45, 7) is 1.24. The molecule has 9 heteroatoms. The Labute approximate surface area is 104 Å². The molecular weight excluding hydrogens is 263 g/mol. The number of amidine groups is 1. The van der Waals surface area contributed by atoms with Crippen LogP contribution in [0.2, 0.25) is 0 Å². The first-order chi connectivity index (χ1) is 8.43. The first kappa shape index (κ1) is 14.3. The summed E-state index contributed by atoms with van der Waals surface area (Å²) in [5.74, 6) is -1.24. The molecule has 0 saturated heterocycles. The van der Waals surface area contributed by atoms with Gasteiger partial charge in [-0.25, -0.2) is 17.8 Å². The Balaban J connectivity index is 3.16. The lowest BCUT2D eigenvalue weighted by atomic mass is 10.5. The highest BCUT2D eigenvalue weighted by Gasteiger charge is 2.28. The normalized spacial score (nSPS) is 12.9. The Bertz CT molecular complexity index is 546. The van der Waals surface area contributed by atoms with Gasteiger partial charge in [0.05, 0.1) is 6.54 Å². The largest absolute Gasteiger partial charge is 0.409 e. The van der Waals surface area contributed by atoms with Crippen LogP contribution in [0.5, 0.6) is 0 Å². The Hall–Kier alpha value is -1.74. The molecule has 1 heterocycles. The zero-order valence-corrected chi connectivity index (χ0v) is 10.4. The van der Waals surface area contributed by atoms with Crippen LogP contribution in [-0.2, 0) is 10.0 Å². The van der Waals surface area contributed by atoms with Crippen LogP contribution in [0.25, 0.3) is 0 Å². The second-order valence-corrected chi connectivity index (χ2v) is 5.17. The van der Waals surface area contributed by atoms with Crippen molar-refractivity contribution in [1.82, 2.24) is 9.29 Å². The van der Waals surface area contributed by atoms with E-state index in [1.165, 1.54) is 12.3 Å². The minimum Gasteiger partial charge on any atom is -0.409 e. The number of pyridine rings is 1. The highest BCUT2D eigenvalue weighted by atomic mass is 32.2. The third-order valence-corrected chi connectivity index (χ3v) is 3.98. The molecule has 0 aliphatic rings. The number of halogens is 1. The molecule has 0 amide bonds. The van der Waals surface area contributed by atoms with E-state index in [1.807, 2.05) is 0 Å². The van der Waals surface area contributed by atoms with E-state index < -0.39 is 20.9 Å².